The average molecular weight is 378 g/mol. The fourth-order valence-electron chi connectivity index (χ4n) is 1.88. The van der Waals surface area contributed by atoms with Gasteiger partial charge in [0.2, 0.25) is 5.95 Å². The zero-order valence-corrected chi connectivity index (χ0v) is 13.9. The smallest absolute Gasteiger partial charge is 0.313 e. The molecule has 0 fully saturated rings. The van der Waals surface area contributed by atoms with E-state index in [1.54, 1.807) is 0 Å². The predicted molar refractivity (Wildman–Crippen MR) is 78.6 cm³/mol. The highest BCUT2D eigenvalue weighted by Gasteiger charge is 2.23. The van der Waals surface area contributed by atoms with Crippen molar-refractivity contribution in [1.29, 1.82) is 0 Å². The van der Waals surface area contributed by atoms with Crippen molar-refractivity contribution in [1.82, 2.24) is 15.0 Å². The lowest BCUT2D eigenvalue weighted by Crippen LogP contribution is -2.10. The molecule has 10 nitrogen and oxygen atoms in total. The zero-order valence-electron chi connectivity index (χ0n) is 12.2. The van der Waals surface area contributed by atoms with Crippen LogP contribution in [0.5, 0.6) is 0 Å². The fraction of sp³-hybridized carbons (Fsp3) is 0.182. The van der Waals surface area contributed by atoms with Crippen molar-refractivity contribution in [2.75, 3.05) is 5.32 Å². The van der Waals surface area contributed by atoms with E-state index >= 15 is 0 Å². The van der Waals surface area contributed by atoms with Crippen molar-refractivity contribution in [3.63, 3.8) is 0 Å². The first kappa shape index (κ1) is 18.1. The first-order chi connectivity index (χ1) is 10.9. The van der Waals surface area contributed by atoms with Crippen LogP contribution in [0.15, 0.2) is 21.9 Å². The highest BCUT2D eigenvalue weighted by atomic mass is 32.2. The van der Waals surface area contributed by atoms with Crippen molar-refractivity contribution in [2.45, 2.75) is 23.6 Å². The quantitative estimate of drug-likeness (QED) is 0.651. The van der Waals surface area contributed by atoms with E-state index in [4.69, 9.17) is 0 Å². The number of benzene rings is 1. The summed E-state index contributed by atoms with van der Waals surface area (Å²) in [5, 5.41) is 2.28. The molecular weight excluding hydrogens is 367 g/mol. The highest BCUT2D eigenvalue weighted by molar-refractivity contribution is 7.86. The summed E-state index contributed by atoms with van der Waals surface area (Å²) in [6, 6.07) is 1.58. The second-order valence-corrected chi connectivity index (χ2v) is 7.44. The number of hydrogen-bond acceptors (Lipinski definition) is 8. The number of nitrogens with one attached hydrogen (secondary N) is 1. The van der Waals surface area contributed by atoms with Gasteiger partial charge in [-0.3, -0.25) is 9.11 Å². The molecule has 0 bridgehead atoms. The van der Waals surface area contributed by atoms with E-state index < -0.39 is 47.7 Å². The molecule has 1 aromatic carbocycles. The van der Waals surface area contributed by atoms with Crippen LogP contribution in [0, 0.1) is 19.9 Å². The van der Waals surface area contributed by atoms with Gasteiger partial charge in [0, 0.05) is 0 Å². The second-order valence-electron chi connectivity index (χ2n) is 4.66. The molecule has 0 aliphatic rings. The van der Waals surface area contributed by atoms with Gasteiger partial charge in [-0.2, -0.15) is 36.2 Å². The monoisotopic (exact) mass is 378 g/mol. The number of rotatable bonds is 4. The van der Waals surface area contributed by atoms with Crippen LogP contribution < -0.4 is 5.32 Å². The Balaban J connectivity index is 2.70. The summed E-state index contributed by atoms with van der Waals surface area (Å²) in [5.74, 6) is -0.449. The zero-order chi connectivity index (χ0) is 18.3. The van der Waals surface area contributed by atoms with Crippen LogP contribution in [0.3, 0.4) is 0 Å². The first-order valence-electron chi connectivity index (χ1n) is 6.13. The molecule has 0 aliphatic carbocycles. The maximum atomic E-state index is 13.2. The van der Waals surface area contributed by atoms with Crippen molar-refractivity contribution in [3.8, 4) is 0 Å². The Morgan fingerprint density at radius 3 is 2.04 bits per heavy atom. The Hall–Kier alpha value is -2.22. The molecule has 0 saturated heterocycles. The lowest BCUT2D eigenvalue weighted by atomic mass is 10.2. The summed E-state index contributed by atoms with van der Waals surface area (Å²) < 4.78 is 77.3. The third-order valence-electron chi connectivity index (χ3n) is 2.80. The van der Waals surface area contributed by atoms with Crippen LogP contribution in [-0.2, 0) is 20.2 Å². The van der Waals surface area contributed by atoms with Crippen LogP contribution in [0.4, 0.5) is 16.0 Å². The van der Waals surface area contributed by atoms with Crippen molar-refractivity contribution in [3.05, 3.63) is 29.6 Å². The molecule has 0 unspecified atom stereocenters. The topological polar surface area (TPSA) is 159 Å². The molecule has 0 spiro atoms. The minimum Gasteiger partial charge on any atom is -0.323 e. The molecule has 0 atom stereocenters. The van der Waals surface area contributed by atoms with Gasteiger partial charge in [-0.15, -0.1) is 0 Å². The van der Waals surface area contributed by atoms with Gasteiger partial charge in [-0.1, -0.05) is 0 Å². The van der Waals surface area contributed by atoms with Gasteiger partial charge in [-0.25, -0.2) is 0 Å². The number of nitrogens with zero attached hydrogens (tertiary/aromatic N) is 3. The maximum Gasteiger partial charge on any atom is 0.313 e. The van der Waals surface area contributed by atoms with E-state index in [1.807, 2.05) is 0 Å². The SMILES string of the molecule is Cc1nc(F)nc(Nc2cc(S(=O)(=O)O)c(C)cc2S(=O)(=O)O)n1. The lowest BCUT2D eigenvalue weighted by Gasteiger charge is -2.12. The number of aromatic nitrogens is 3. The molecular formula is C11H11FN4O6S2. The Bertz CT molecular complexity index is 1000. The van der Waals surface area contributed by atoms with Crippen molar-refractivity contribution < 1.29 is 30.3 Å². The molecule has 130 valence electrons. The summed E-state index contributed by atoms with van der Waals surface area (Å²) in [6.07, 6.45) is -1.15. The molecule has 13 heteroatoms. The predicted octanol–water partition coefficient (Wildman–Crippen LogP) is 0.865. The standard InChI is InChI=1S/C11H11FN4O6S2/c1-5-3-9(24(20,21)22)7(4-8(5)23(17,18)19)15-11-14-6(2)13-10(12)16-11/h3-4H,1-2H3,(H,17,18,19)(H,20,21,22)(H,13,14,15,16). The molecule has 2 aromatic rings. The molecule has 0 aliphatic heterocycles. The number of aryl methyl sites for hydroxylation is 2. The summed E-state index contributed by atoms with van der Waals surface area (Å²) in [7, 11) is -9.43. The fourth-order valence-corrected chi connectivity index (χ4v) is 3.32. The van der Waals surface area contributed by atoms with Crippen molar-refractivity contribution in [2.24, 2.45) is 0 Å². The van der Waals surface area contributed by atoms with Crippen LogP contribution in [0.2, 0.25) is 0 Å². The van der Waals surface area contributed by atoms with Crippen LogP contribution in [0.25, 0.3) is 0 Å². The molecule has 24 heavy (non-hydrogen) atoms. The molecule has 0 amide bonds. The second kappa shape index (κ2) is 6.01. The summed E-state index contributed by atoms with van der Waals surface area (Å²) in [6.45, 7) is 2.56. The van der Waals surface area contributed by atoms with Gasteiger partial charge < -0.3 is 5.32 Å². The van der Waals surface area contributed by atoms with Crippen LogP contribution in [0.1, 0.15) is 11.4 Å². The minimum absolute atomic E-state index is 0.0273. The Kier molecular flexibility index (Phi) is 4.54. The lowest BCUT2D eigenvalue weighted by molar-refractivity contribution is 0.478. The molecule has 0 radical (unpaired) electrons. The van der Waals surface area contributed by atoms with Crippen LogP contribution >= 0.6 is 0 Å². The molecule has 1 heterocycles. The number of hydrogen-bond donors (Lipinski definition) is 3. The third-order valence-corrected chi connectivity index (χ3v) is 4.69. The maximum absolute atomic E-state index is 13.2. The van der Waals surface area contributed by atoms with Gasteiger partial charge >= 0.3 is 6.08 Å². The Labute approximate surface area is 136 Å². The van der Waals surface area contributed by atoms with Crippen molar-refractivity contribution >= 4 is 31.9 Å². The number of anilines is 2. The minimum atomic E-state index is -4.76. The van der Waals surface area contributed by atoms with Gasteiger partial charge in [0.25, 0.3) is 20.2 Å². The summed E-state index contributed by atoms with van der Waals surface area (Å²) in [4.78, 5) is 8.96. The first-order valence-corrected chi connectivity index (χ1v) is 9.01. The van der Waals surface area contributed by atoms with E-state index in [0.717, 1.165) is 12.1 Å². The van der Waals surface area contributed by atoms with E-state index in [1.165, 1.54) is 13.8 Å². The average Bonchev–Trinajstić information content (AvgIpc) is 2.36. The largest absolute Gasteiger partial charge is 0.323 e. The normalized spacial score (nSPS) is 12.2. The third kappa shape index (κ3) is 4.00. The Morgan fingerprint density at radius 1 is 0.958 bits per heavy atom. The highest BCUT2D eigenvalue weighted by Crippen LogP contribution is 2.29. The summed E-state index contributed by atoms with van der Waals surface area (Å²) >= 11 is 0. The summed E-state index contributed by atoms with van der Waals surface area (Å²) in [5.41, 5.74) is -0.602. The molecule has 3 N–H and O–H groups in total. The molecule has 0 saturated carbocycles. The van der Waals surface area contributed by atoms with Gasteiger partial charge in [0.1, 0.15) is 10.7 Å². The Morgan fingerprint density at radius 2 is 1.54 bits per heavy atom. The van der Waals surface area contributed by atoms with Gasteiger partial charge in [0.05, 0.1) is 10.6 Å². The van der Waals surface area contributed by atoms with E-state index in [0.29, 0.717) is 0 Å². The number of halogens is 1. The molecule has 2 rings (SSSR count). The van der Waals surface area contributed by atoms with E-state index in [2.05, 4.69) is 20.3 Å². The van der Waals surface area contributed by atoms with E-state index in [9.17, 15) is 30.3 Å². The van der Waals surface area contributed by atoms with Gasteiger partial charge in [0.15, 0.2) is 0 Å². The van der Waals surface area contributed by atoms with Crippen LogP contribution in [-0.4, -0.2) is 40.9 Å². The van der Waals surface area contributed by atoms with Gasteiger partial charge in [-0.05, 0) is 31.5 Å². The molecule has 1 aromatic heterocycles. The van der Waals surface area contributed by atoms with E-state index in [-0.39, 0.29) is 11.4 Å².